The van der Waals surface area contributed by atoms with Gasteiger partial charge < -0.3 is 20.1 Å². The summed E-state index contributed by atoms with van der Waals surface area (Å²) in [5.74, 6) is 1.66. The summed E-state index contributed by atoms with van der Waals surface area (Å²) in [5, 5.41) is 11.2. The highest BCUT2D eigenvalue weighted by Gasteiger charge is 2.17. The van der Waals surface area contributed by atoms with E-state index in [0.29, 0.717) is 13.2 Å². The molecule has 1 fully saturated rings. The summed E-state index contributed by atoms with van der Waals surface area (Å²) in [6.45, 7) is 4.91. The second-order valence-electron chi connectivity index (χ2n) is 8.29. The molecular weight excluding hydrogens is 541 g/mol. The lowest BCUT2D eigenvalue weighted by molar-refractivity contribution is 0.0676. The fourth-order valence-corrected chi connectivity index (χ4v) is 3.84. The van der Waals surface area contributed by atoms with Crippen molar-refractivity contribution in [2.75, 3.05) is 26.8 Å². The maximum Gasteiger partial charge on any atom is 0.191 e. The highest BCUT2D eigenvalue weighted by atomic mass is 127. The largest absolute Gasteiger partial charge is 0.491 e. The Labute approximate surface area is 219 Å². The average Bonchev–Trinajstić information content (AvgIpc) is 3.54. The smallest absolute Gasteiger partial charge is 0.191 e. The van der Waals surface area contributed by atoms with Crippen molar-refractivity contribution in [3.63, 3.8) is 0 Å². The van der Waals surface area contributed by atoms with Crippen molar-refractivity contribution in [2.24, 2.45) is 4.99 Å². The number of hydrogen-bond acceptors (Lipinski definition) is 4. The van der Waals surface area contributed by atoms with Crippen LogP contribution in [0, 0.1) is 6.92 Å². The van der Waals surface area contributed by atoms with E-state index in [1.54, 1.807) is 7.05 Å². The predicted molar refractivity (Wildman–Crippen MR) is 147 cm³/mol. The van der Waals surface area contributed by atoms with Gasteiger partial charge in [0.05, 0.1) is 18.0 Å². The minimum atomic E-state index is 0. The molecule has 8 heteroatoms. The van der Waals surface area contributed by atoms with Crippen LogP contribution in [-0.4, -0.2) is 48.7 Å². The molecule has 1 aliphatic heterocycles. The summed E-state index contributed by atoms with van der Waals surface area (Å²) in [4.78, 5) is 4.36. The lowest BCUT2D eigenvalue weighted by Crippen LogP contribution is -2.38. The Kier molecular flexibility index (Phi) is 10.2. The number of aromatic nitrogens is 2. The highest BCUT2D eigenvalue weighted by molar-refractivity contribution is 14.0. The number of guanidine groups is 1. The van der Waals surface area contributed by atoms with E-state index in [0.717, 1.165) is 55.4 Å². The molecule has 0 bridgehead atoms. The monoisotopic (exact) mass is 575 g/mol. The van der Waals surface area contributed by atoms with E-state index in [9.17, 15) is 0 Å². The predicted octanol–water partition coefficient (Wildman–Crippen LogP) is 4.26. The van der Waals surface area contributed by atoms with Crippen LogP contribution in [0.2, 0.25) is 0 Å². The lowest BCUT2D eigenvalue weighted by atomic mass is 10.1. The van der Waals surface area contributed by atoms with E-state index < -0.39 is 0 Å². The van der Waals surface area contributed by atoms with Crippen LogP contribution in [0.25, 0.3) is 5.69 Å². The van der Waals surface area contributed by atoms with Gasteiger partial charge >= 0.3 is 0 Å². The Balaban J connectivity index is 0.00000324. The summed E-state index contributed by atoms with van der Waals surface area (Å²) in [6.07, 6.45) is 7.22. The van der Waals surface area contributed by atoms with Crippen molar-refractivity contribution >= 4 is 29.9 Å². The van der Waals surface area contributed by atoms with E-state index in [-0.39, 0.29) is 30.1 Å². The van der Waals surface area contributed by atoms with Crippen LogP contribution in [0.3, 0.4) is 0 Å². The summed E-state index contributed by atoms with van der Waals surface area (Å²) in [6, 6.07) is 16.4. The molecule has 0 saturated carbocycles. The summed E-state index contributed by atoms with van der Waals surface area (Å²) >= 11 is 0. The summed E-state index contributed by atoms with van der Waals surface area (Å²) in [7, 11) is 1.78. The molecular formula is C26H34IN5O2. The number of halogens is 1. The van der Waals surface area contributed by atoms with Gasteiger partial charge in [0, 0.05) is 38.5 Å². The van der Waals surface area contributed by atoms with Gasteiger partial charge in [0.2, 0.25) is 0 Å². The molecule has 2 aromatic carbocycles. The van der Waals surface area contributed by atoms with Gasteiger partial charge in [-0.1, -0.05) is 30.3 Å². The van der Waals surface area contributed by atoms with Gasteiger partial charge in [0.1, 0.15) is 12.4 Å². The van der Waals surface area contributed by atoms with Crippen molar-refractivity contribution in [3.8, 4) is 11.4 Å². The van der Waals surface area contributed by atoms with Gasteiger partial charge in [-0.15, -0.1) is 24.0 Å². The molecule has 7 nitrogen and oxygen atoms in total. The van der Waals surface area contributed by atoms with Crippen molar-refractivity contribution in [2.45, 2.75) is 38.8 Å². The van der Waals surface area contributed by atoms with Crippen LogP contribution < -0.4 is 15.4 Å². The third-order valence-electron chi connectivity index (χ3n) is 5.70. The Morgan fingerprint density at radius 1 is 1.21 bits per heavy atom. The van der Waals surface area contributed by atoms with E-state index in [2.05, 4.69) is 52.0 Å². The zero-order valence-electron chi connectivity index (χ0n) is 19.9. The first-order valence-corrected chi connectivity index (χ1v) is 11.6. The van der Waals surface area contributed by atoms with Crippen molar-refractivity contribution in [1.82, 2.24) is 20.4 Å². The first-order valence-electron chi connectivity index (χ1n) is 11.6. The van der Waals surface area contributed by atoms with Gasteiger partial charge in [-0.25, -0.2) is 4.68 Å². The van der Waals surface area contributed by atoms with E-state index in [1.807, 2.05) is 41.2 Å². The SMILES string of the molecule is CN=C(NCCc1cnn(-c2ccccc2)c1)NCc1ccc(C)cc1OCC1CCCO1.I. The molecule has 1 unspecified atom stereocenters. The van der Waals surface area contributed by atoms with Crippen LogP contribution in [0.4, 0.5) is 0 Å². The van der Waals surface area contributed by atoms with E-state index in [4.69, 9.17) is 9.47 Å². The zero-order valence-corrected chi connectivity index (χ0v) is 22.2. The Hall–Kier alpha value is -2.59. The van der Waals surface area contributed by atoms with Gasteiger partial charge in [-0.05, 0) is 55.5 Å². The van der Waals surface area contributed by atoms with E-state index >= 15 is 0 Å². The standard InChI is InChI=1S/C26H33N5O2.HI/c1-20-10-11-22(25(15-20)33-19-24-9-6-14-32-24)17-29-26(27-2)28-13-12-21-16-30-31(18-21)23-7-4-3-5-8-23;/h3-5,7-8,10-11,15-16,18,24H,6,9,12-14,17,19H2,1-2H3,(H2,27,28,29);1H. The van der Waals surface area contributed by atoms with Gasteiger partial charge in [-0.2, -0.15) is 5.10 Å². The maximum absolute atomic E-state index is 6.11. The fraction of sp³-hybridized carbons (Fsp3) is 0.385. The third-order valence-corrected chi connectivity index (χ3v) is 5.70. The Morgan fingerprint density at radius 3 is 2.82 bits per heavy atom. The number of para-hydroxylation sites is 1. The lowest BCUT2D eigenvalue weighted by Gasteiger charge is -2.17. The fourth-order valence-electron chi connectivity index (χ4n) is 3.84. The van der Waals surface area contributed by atoms with Gasteiger partial charge in [-0.3, -0.25) is 4.99 Å². The first kappa shape index (κ1) is 26.0. The molecule has 0 amide bonds. The number of rotatable bonds is 9. The average molecular weight is 575 g/mol. The molecule has 0 aliphatic carbocycles. The second kappa shape index (κ2) is 13.3. The summed E-state index contributed by atoms with van der Waals surface area (Å²) in [5.41, 5.74) is 4.51. The number of benzene rings is 2. The highest BCUT2D eigenvalue weighted by Crippen LogP contribution is 2.22. The topological polar surface area (TPSA) is 72.7 Å². The molecule has 1 saturated heterocycles. The molecule has 3 aromatic rings. The molecule has 182 valence electrons. The number of hydrogen-bond donors (Lipinski definition) is 2. The number of aliphatic imine (C=N–C) groups is 1. The van der Waals surface area contributed by atoms with Crippen LogP contribution in [-0.2, 0) is 17.7 Å². The molecule has 34 heavy (non-hydrogen) atoms. The quantitative estimate of drug-likeness (QED) is 0.227. The van der Waals surface area contributed by atoms with Crippen LogP contribution in [0.15, 0.2) is 65.9 Å². The molecule has 0 spiro atoms. The van der Waals surface area contributed by atoms with Crippen LogP contribution in [0.1, 0.15) is 29.5 Å². The molecule has 1 aliphatic rings. The van der Waals surface area contributed by atoms with Crippen molar-refractivity contribution < 1.29 is 9.47 Å². The van der Waals surface area contributed by atoms with Gasteiger partial charge in [0.15, 0.2) is 5.96 Å². The minimum Gasteiger partial charge on any atom is -0.491 e. The third kappa shape index (κ3) is 7.46. The molecule has 2 heterocycles. The van der Waals surface area contributed by atoms with Crippen molar-refractivity contribution in [3.05, 3.63) is 77.6 Å². The number of nitrogens with zero attached hydrogens (tertiary/aromatic N) is 3. The Morgan fingerprint density at radius 2 is 2.06 bits per heavy atom. The first-order chi connectivity index (χ1) is 16.2. The van der Waals surface area contributed by atoms with Crippen molar-refractivity contribution in [1.29, 1.82) is 0 Å². The molecule has 4 rings (SSSR count). The zero-order chi connectivity index (χ0) is 22.9. The van der Waals surface area contributed by atoms with Crippen LogP contribution in [0.5, 0.6) is 5.75 Å². The van der Waals surface area contributed by atoms with Gasteiger partial charge in [0.25, 0.3) is 0 Å². The van der Waals surface area contributed by atoms with Crippen LogP contribution >= 0.6 is 24.0 Å². The number of aryl methyl sites for hydroxylation is 1. The second-order valence-corrected chi connectivity index (χ2v) is 8.29. The molecule has 0 radical (unpaired) electrons. The summed E-state index contributed by atoms with van der Waals surface area (Å²) < 4.78 is 13.7. The minimum absolute atomic E-state index is 0. The molecule has 2 N–H and O–H groups in total. The Bertz CT molecular complexity index is 1050. The van der Waals surface area contributed by atoms with E-state index in [1.165, 1.54) is 11.1 Å². The maximum atomic E-state index is 6.11. The number of nitrogens with one attached hydrogen (secondary N) is 2. The normalized spacial score (nSPS) is 15.6. The molecule has 1 aromatic heterocycles. The molecule has 1 atom stereocenters. The number of ether oxygens (including phenoxy) is 2.